The monoisotopic (exact) mass is 222 g/mol. The molecule has 0 fully saturated rings. The molecule has 0 heterocycles. The number of aromatic hydroxyl groups is 1. The number of rotatable bonds is 3. The first-order valence-corrected chi connectivity index (χ1v) is 5.84. The predicted octanol–water partition coefficient (Wildman–Crippen LogP) is 3.28. The topological polar surface area (TPSA) is 20.2 Å². The van der Waals surface area contributed by atoms with Gasteiger partial charge in [0.2, 0.25) is 0 Å². The molecule has 0 radical (unpaired) electrons. The van der Waals surface area contributed by atoms with Crippen LogP contribution < -0.4 is 4.48 Å². The van der Waals surface area contributed by atoms with Gasteiger partial charge in [-0.2, -0.15) is 0 Å². The zero-order valence-electron chi connectivity index (χ0n) is 11.3. The highest BCUT2D eigenvalue weighted by Gasteiger charge is 2.24. The molecule has 1 rings (SSSR count). The Hall–Kier alpha value is -1.02. The van der Waals surface area contributed by atoms with Crippen LogP contribution in [0.25, 0.3) is 0 Å². The minimum Gasteiger partial charge on any atom is -0.503 e. The first-order chi connectivity index (χ1) is 7.18. The summed E-state index contributed by atoms with van der Waals surface area (Å²) in [6, 6.07) is 5.96. The van der Waals surface area contributed by atoms with E-state index in [0.29, 0.717) is 10.2 Å². The minimum atomic E-state index is 0.164. The van der Waals surface area contributed by atoms with Crippen LogP contribution in [0.15, 0.2) is 18.2 Å². The van der Waals surface area contributed by atoms with Crippen LogP contribution in [0.1, 0.15) is 32.8 Å². The molecule has 16 heavy (non-hydrogen) atoms. The Morgan fingerprint density at radius 2 is 1.75 bits per heavy atom. The lowest BCUT2D eigenvalue weighted by Crippen LogP contribution is -2.35. The molecule has 0 aliphatic rings. The summed E-state index contributed by atoms with van der Waals surface area (Å²) in [6.45, 7) is 6.66. The van der Waals surface area contributed by atoms with Crippen molar-refractivity contribution in [2.75, 3.05) is 21.1 Å². The Kier molecular flexibility index (Phi) is 3.34. The van der Waals surface area contributed by atoms with E-state index in [1.54, 1.807) is 0 Å². The third-order valence-electron chi connectivity index (χ3n) is 3.36. The first kappa shape index (κ1) is 13.0. The minimum absolute atomic E-state index is 0.164. The van der Waals surface area contributed by atoms with Crippen molar-refractivity contribution >= 4 is 5.69 Å². The highest BCUT2D eigenvalue weighted by Crippen LogP contribution is 2.35. The smallest absolute Gasteiger partial charge is 0.177 e. The molecule has 0 saturated carbocycles. The van der Waals surface area contributed by atoms with E-state index < -0.39 is 0 Å². The number of phenolic OH excluding ortho intramolecular Hbond substituents is 1. The summed E-state index contributed by atoms with van der Waals surface area (Å²) < 4.78 is 0.638. The zero-order valence-corrected chi connectivity index (χ0v) is 11.3. The van der Waals surface area contributed by atoms with Gasteiger partial charge >= 0.3 is 0 Å². The van der Waals surface area contributed by atoms with Gasteiger partial charge in [-0.05, 0) is 23.5 Å². The van der Waals surface area contributed by atoms with Crippen LogP contribution in [-0.4, -0.2) is 26.2 Å². The molecule has 0 aromatic heterocycles. The maximum absolute atomic E-state index is 9.89. The van der Waals surface area contributed by atoms with Crippen LogP contribution in [-0.2, 0) is 5.41 Å². The SMILES string of the molecule is CCC(C)(C)c1ccc(O)c([N+](C)(C)C)c1. The molecule has 0 unspecified atom stereocenters. The molecule has 1 aromatic rings. The molecular weight excluding hydrogens is 198 g/mol. The van der Waals surface area contributed by atoms with Crippen molar-refractivity contribution in [3.05, 3.63) is 23.8 Å². The van der Waals surface area contributed by atoms with Crippen LogP contribution in [0.3, 0.4) is 0 Å². The molecular formula is C14H24NO+. The third kappa shape index (κ3) is 2.56. The molecule has 1 aromatic carbocycles. The molecule has 0 amide bonds. The molecule has 0 atom stereocenters. The van der Waals surface area contributed by atoms with Gasteiger partial charge in [-0.3, -0.25) is 4.48 Å². The quantitative estimate of drug-likeness (QED) is 0.778. The fraction of sp³-hybridized carbons (Fsp3) is 0.571. The predicted molar refractivity (Wildman–Crippen MR) is 71.0 cm³/mol. The molecule has 2 nitrogen and oxygen atoms in total. The van der Waals surface area contributed by atoms with Gasteiger partial charge in [0.25, 0.3) is 0 Å². The lowest BCUT2D eigenvalue weighted by Gasteiger charge is -2.28. The van der Waals surface area contributed by atoms with Crippen molar-refractivity contribution < 1.29 is 5.11 Å². The Morgan fingerprint density at radius 1 is 1.19 bits per heavy atom. The van der Waals surface area contributed by atoms with Crippen LogP contribution in [0, 0.1) is 0 Å². The number of hydrogen-bond donors (Lipinski definition) is 1. The van der Waals surface area contributed by atoms with E-state index in [0.717, 1.165) is 12.1 Å². The summed E-state index contributed by atoms with van der Waals surface area (Å²) in [7, 11) is 6.20. The van der Waals surface area contributed by atoms with Gasteiger partial charge in [0.15, 0.2) is 11.4 Å². The largest absolute Gasteiger partial charge is 0.503 e. The Bertz CT molecular complexity index is 375. The van der Waals surface area contributed by atoms with Crippen LogP contribution in [0.4, 0.5) is 5.69 Å². The zero-order chi connectivity index (χ0) is 12.6. The molecule has 0 spiro atoms. The van der Waals surface area contributed by atoms with E-state index in [2.05, 4.69) is 48.0 Å². The Labute approximate surface area is 99.1 Å². The van der Waals surface area contributed by atoms with E-state index in [4.69, 9.17) is 0 Å². The summed E-state index contributed by atoms with van der Waals surface area (Å²) in [5.41, 5.74) is 2.42. The number of phenols is 1. The summed E-state index contributed by atoms with van der Waals surface area (Å²) >= 11 is 0. The maximum atomic E-state index is 9.89. The van der Waals surface area contributed by atoms with E-state index in [-0.39, 0.29) is 5.41 Å². The molecule has 1 N–H and O–H groups in total. The number of benzene rings is 1. The van der Waals surface area contributed by atoms with E-state index in [1.165, 1.54) is 5.56 Å². The van der Waals surface area contributed by atoms with E-state index in [9.17, 15) is 5.11 Å². The molecule has 2 heteroatoms. The molecule has 0 aliphatic carbocycles. The van der Waals surface area contributed by atoms with Gasteiger partial charge in [-0.15, -0.1) is 0 Å². The Morgan fingerprint density at radius 3 is 2.19 bits per heavy atom. The van der Waals surface area contributed by atoms with Gasteiger partial charge in [0.05, 0.1) is 21.1 Å². The Balaban J connectivity index is 3.29. The highest BCUT2D eigenvalue weighted by molar-refractivity contribution is 5.56. The van der Waals surface area contributed by atoms with Crippen molar-refractivity contribution in [3.63, 3.8) is 0 Å². The van der Waals surface area contributed by atoms with Crippen molar-refractivity contribution in [1.82, 2.24) is 4.48 Å². The summed E-state index contributed by atoms with van der Waals surface area (Å²) in [6.07, 6.45) is 1.09. The van der Waals surface area contributed by atoms with E-state index >= 15 is 0 Å². The van der Waals surface area contributed by atoms with Gasteiger partial charge in [-0.1, -0.05) is 26.8 Å². The second-order valence-corrected chi connectivity index (χ2v) is 5.95. The highest BCUT2D eigenvalue weighted by atomic mass is 16.3. The average Bonchev–Trinajstić information content (AvgIpc) is 2.16. The molecule has 0 aliphatic heterocycles. The first-order valence-electron chi connectivity index (χ1n) is 5.84. The standard InChI is InChI=1S/C14H23NO/c1-7-14(2,3)11-8-9-13(16)12(10-11)15(4,5)6/h8-10H,7H2,1-6H3/p+1. The molecule has 0 saturated heterocycles. The molecule has 0 bridgehead atoms. The molecule has 90 valence electrons. The summed E-state index contributed by atoms with van der Waals surface area (Å²) in [5, 5.41) is 9.89. The normalized spacial score (nSPS) is 12.9. The van der Waals surface area contributed by atoms with Crippen molar-refractivity contribution in [3.8, 4) is 5.75 Å². The van der Waals surface area contributed by atoms with Crippen molar-refractivity contribution in [2.45, 2.75) is 32.6 Å². The second kappa shape index (κ2) is 4.10. The average molecular weight is 222 g/mol. The summed E-state index contributed by atoms with van der Waals surface area (Å²) in [4.78, 5) is 0. The lowest BCUT2D eigenvalue weighted by atomic mass is 9.82. The fourth-order valence-corrected chi connectivity index (χ4v) is 1.69. The van der Waals surface area contributed by atoms with Gasteiger partial charge in [0.1, 0.15) is 0 Å². The van der Waals surface area contributed by atoms with Crippen molar-refractivity contribution in [2.24, 2.45) is 0 Å². The van der Waals surface area contributed by atoms with Crippen molar-refractivity contribution in [1.29, 1.82) is 0 Å². The lowest BCUT2D eigenvalue weighted by molar-refractivity contribution is 0.423. The van der Waals surface area contributed by atoms with E-state index in [1.807, 2.05) is 12.1 Å². The second-order valence-electron chi connectivity index (χ2n) is 5.95. The third-order valence-corrected chi connectivity index (χ3v) is 3.36. The number of quaternary nitrogens is 1. The van der Waals surface area contributed by atoms with Gasteiger partial charge in [-0.25, -0.2) is 0 Å². The van der Waals surface area contributed by atoms with Gasteiger partial charge in [0, 0.05) is 6.07 Å². The van der Waals surface area contributed by atoms with Crippen LogP contribution >= 0.6 is 0 Å². The van der Waals surface area contributed by atoms with Crippen LogP contribution in [0.5, 0.6) is 5.75 Å². The number of nitrogens with zero attached hydrogens (tertiary/aromatic N) is 1. The summed E-state index contributed by atoms with van der Waals surface area (Å²) in [5.74, 6) is 0.378. The number of hydrogen-bond acceptors (Lipinski definition) is 1. The fourth-order valence-electron chi connectivity index (χ4n) is 1.69. The van der Waals surface area contributed by atoms with Gasteiger partial charge < -0.3 is 5.11 Å². The van der Waals surface area contributed by atoms with Crippen LogP contribution in [0.2, 0.25) is 0 Å². The maximum Gasteiger partial charge on any atom is 0.177 e.